The Balaban J connectivity index is 1.89. The Hall–Kier alpha value is -2.54. The molecule has 1 aromatic heterocycles. The first-order valence-corrected chi connectivity index (χ1v) is 9.89. The molecule has 0 aliphatic carbocycles. The van der Waals surface area contributed by atoms with E-state index in [-0.39, 0.29) is 11.6 Å². The maximum Gasteiger partial charge on any atom is 0.154 e. The number of benzene rings is 2. The minimum Gasteiger partial charge on any atom is -0.229 e. The minimum atomic E-state index is -3.27. The van der Waals surface area contributed by atoms with E-state index in [4.69, 9.17) is 0 Å². The van der Waals surface area contributed by atoms with E-state index in [1.165, 1.54) is 16.8 Å². The summed E-state index contributed by atoms with van der Waals surface area (Å²) >= 11 is 0. The molecular formula is C18H18FN3O2S. The summed E-state index contributed by atoms with van der Waals surface area (Å²) in [6.45, 7) is 0. The van der Waals surface area contributed by atoms with Gasteiger partial charge in [-0.3, -0.25) is 0 Å². The molecule has 0 fully saturated rings. The van der Waals surface area contributed by atoms with Crippen LogP contribution in [-0.2, 0) is 28.4 Å². The van der Waals surface area contributed by atoms with Gasteiger partial charge in [0.15, 0.2) is 15.7 Å². The minimum absolute atomic E-state index is 0.220. The number of nitrogens with zero attached hydrogens (tertiary/aromatic N) is 3. The molecule has 3 rings (SSSR count). The second kappa shape index (κ2) is 7.14. The van der Waals surface area contributed by atoms with Crippen LogP contribution in [0.25, 0.3) is 5.69 Å². The molecule has 0 saturated heterocycles. The van der Waals surface area contributed by atoms with Crippen molar-refractivity contribution in [3.8, 4) is 5.69 Å². The number of aryl methyl sites for hydroxylation is 2. The average molecular weight is 359 g/mol. The first kappa shape index (κ1) is 17.3. The van der Waals surface area contributed by atoms with Gasteiger partial charge in [0.2, 0.25) is 0 Å². The van der Waals surface area contributed by atoms with Crippen molar-refractivity contribution in [3.63, 3.8) is 0 Å². The lowest BCUT2D eigenvalue weighted by molar-refractivity contribution is 0.598. The molecule has 0 amide bonds. The van der Waals surface area contributed by atoms with E-state index in [1.807, 2.05) is 30.3 Å². The molecule has 0 aliphatic heterocycles. The molecule has 0 saturated carbocycles. The second-order valence-corrected chi connectivity index (χ2v) is 8.03. The molecule has 5 nitrogen and oxygen atoms in total. The molecule has 1 heterocycles. The molecule has 130 valence electrons. The van der Waals surface area contributed by atoms with Crippen LogP contribution in [0.1, 0.15) is 17.2 Å². The van der Waals surface area contributed by atoms with Gasteiger partial charge in [0, 0.05) is 12.7 Å². The smallest absolute Gasteiger partial charge is 0.154 e. The fraction of sp³-hybridized carbons (Fsp3) is 0.222. The van der Waals surface area contributed by atoms with E-state index in [9.17, 15) is 12.8 Å². The van der Waals surface area contributed by atoms with Crippen LogP contribution in [0.3, 0.4) is 0 Å². The Morgan fingerprint density at radius 1 is 1.00 bits per heavy atom. The zero-order chi connectivity index (χ0) is 17.9. The summed E-state index contributed by atoms with van der Waals surface area (Å²) in [6.07, 6.45) is 2.50. The van der Waals surface area contributed by atoms with E-state index < -0.39 is 9.84 Å². The highest BCUT2D eigenvalue weighted by Crippen LogP contribution is 2.14. The highest BCUT2D eigenvalue weighted by molar-refractivity contribution is 7.89. The number of rotatable bonds is 6. The molecule has 0 unspecified atom stereocenters. The monoisotopic (exact) mass is 359 g/mol. The Morgan fingerprint density at radius 3 is 2.32 bits per heavy atom. The van der Waals surface area contributed by atoms with Crippen LogP contribution in [-0.4, -0.2) is 29.4 Å². The Morgan fingerprint density at radius 2 is 1.68 bits per heavy atom. The normalized spacial score (nSPS) is 11.6. The van der Waals surface area contributed by atoms with Gasteiger partial charge in [-0.25, -0.2) is 22.5 Å². The third-order valence-electron chi connectivity index (χ3n) is 3.66. The third-order valence-corrected chi connectivity index (χ3v) is 4.44. The predicted octanol–water partition coefficient (Wildman–Crippen LogP) is 2.74. The van der Waals surface area contributed by atoms with Crippen molar-refractivity contribution >= 4 is 9.84 Å². The Kier molecular flexibility index (Phi) is 4.94. The van der Waals surface area contributed by atoms with Crippen LogP contribution in [0.15, 0.2) is 54.6 Å². The fourth-order valence-corrected chi connectivity index (χ4v) is 3.17. The molecule has 0 radical (unpaired) electrons. The zero-order valence-electron chi connectivity index (χ0n) is 13.8. The Bertz CT molecular complexity index is 952. The number of halogens is 1. The molecular weight excluding hydrogens is 341 g/mol. The Labute approximate surface area is 146 Å². The van der Waals surface area contributed by atoms with Crippen LogP contribution in [0.4, 0.5) is 4.39 Å². The lowest BCUT2D eigenvalue weighted by atomic mass is 10.1. The predicted molar refractivity (Wildman–Crippen MR) is 93.7 cm³/mol. The van der Waals surface area contributed by atoms with Crippen LogP contribution in [0.5, 0.6) is 0 Å². The maximum atomic E-state index is 13.1. The fourth-order valence-electron chi connectivity index (χ4n) is 2.52. The lowest BCUT2D eigenvalue weighted by Crippen LogP contribution is -2.09. The van der Waals surface area contributed by atoms with Gasteiger partial charge < -0.3 is 0 Å². The van der Waals surface area contributed by atoms with Gasteiger partial charge >= 0.3 is 0 Å². The molecule has 3 aromatic rings. The molecule has 7 heteroatoms. The lowest BCUT2D eigenvalue weighted by Gasteiger charge is -2.04. The van der Waals surface area contributed by atoms with E-state index >= 15 is 0 Å². The molecule has 0 bridgehead atoms. The third kappa shape index (κ3) is 4.73. The van der Waals surface area contributed by atoms with Crippen LogP contribution >= 0.6 is 0 Å². The van der Waals surface area contributed by atoms with Crippen molar-refractivity contribution in [2.24, 2.45) is 0 Å². The standard InChI is InChI=1S/C18H18FN3O2S/c1-25(23,24)13-18-20-17(12-7-14-5-3-2-4-6-14)21-22(18)16-10-8-15(19)9-11-16/h2-6,8-11H,7,12-13H2,1H3. The van der Waals surface area contributed by atoms with Gasteiger partial charge in [0.05, 0.1) is 5.69 Å². The van der Waals surface area contributed by atoms with Gasteiger partial charge in [-0.05, 0) is 36.2 Å². The summed E-state index contributed by atoms with van der Waals surface area (Å²) in [5.74, 6) is 0.310. The van der Waals surface area contributed by atoms with Crippen LogP contribution in [0, 0.1) is 5.82 Å². The van der Waals surface area contributed by atoms with Crippen LogP contribution < -0.4 is 0 Å². The molecule has 25 heavy (non-hydrogen) atoms. The van der Waals surface area contributed by atoms with E-state index in [0.717, 1.165) is 18.2 Å². The highest BCUT2D eigenvalue weighted by Gasteiger charge is 2.16. The van der Waals surface area contributed by atoms with Gasteiger partial charge in [0.1, 0.15) is 17.4 Å². The zero-order valence-corrected chi connectivity index (χ0v) is 14.6. The molecule has 0 spiro atoms. The summed E-state index contributed by atoms with van der Waals surface area (Å²) in [6, 6.07) is 15.7. The highest BCUT2D eigenvalue weighted by atomic mass is 32.2. The summed E-state index contributed by atoms with van der Waals surface area (Å²) in [5, 5.41) is 4.43. The van der Waals surface area contributed by atoms with E-state index in [0.29, 0.717) is 23.8 Å². The quantitative estimate of drug-likeness (QED) is 0.679. The molecule has 2 aromatic carbocycles. The van der Waals surface area contributed by atoms with Crippen molar-refractivity contribution in [2.75, 3.05) is 6.26 Å². The summed E-state index contributed by atoms with van der Waals surface area (Å²) in [4.78, 5) is 4.39. The summed E-state index contributed by atoms with van der Waals surface area (Å²) in [7, 11) is -3.27. The summed E-state index contributed by atoms with van der Waals surface area (Å²) < 4.78 is 38.0. The van der Waals surface area contributed by atoms with Crippen molar-refractivity contribution in [1.82, 2.24) is 14.8 Å². The van der Waals surface area contributed by atoms with E-state index in [2.05, 4.69) is 10.1 Å². The number of hydrogen-bond acceptors (Lipinski definition) is 4. The first-order valence-electron chi connectivity index (χ1n) is 7.83. The van der Waals surface area contributed by atoms with Crippen molar-refractivity contribution < 1.29 is 12.8 Å². The number of sulfone groups is 1. The number of hydrogen-bond donors (Lipinski definition) is 0. The first-order chi connectivity index (χ1) is 11.9. The van der Waals surface area contributed by atoms with Gasteiger partial charge in [-0.15, -0.1) is 0 Å². The number of aromatic nitrogens is 3. The van der Waals surface area contributed by atoms with Crippen molar-refractivity contribution in [2.45, 2.75) is 18.6 Å². The van der Waals surface area contributed by atoms with Gasteiger partial charge in [-0.2, -0.15) is 5.10 Å². The largest absolute Gasteiger partial charge is 0.229 e. The topological polar surface area (TPSA) is 64.8 Å². The van der Waals surface area contributed by atoms with Gasteiger partial charge in [0.25, 0.3) is 0 Å². The van der Waals surface area contributed by atoms with Crippen LogP contribution in [0.2, 0.25) is 0 Å². The SMILES string of the molecule is CS(=O)(=O)Cc1nc(CCc2ccccc2)nn1-c1ccc(F)cc1. The van der Waals surface area contributed by atoms with Crippen molar-refractivity contribution in [3.05, 3.63) is 77.6 Å². The average Bonchev–Trinajstić information content (AvgIpc) is 2.95. The molecule has 0 atom stereocenters. The molecule has 0 aliphatic rings. The van der Waals surface area contributed by atoms with Crippen molar-refractivity contribution in [1.29, 1.82) is 0 Å². The second-order valence-electron chi connectivity index (χ2n) is 5.89. The van der Waals surface area contributed by atoms with Gasteiger partial charge in [-0.1, -0.05) is 30.3 Å². The maximum absolute atomic E-state index is 13.1. The molecule has 0 N–H and O–H groups in total. The van der Waals surface area contributed by atoms with E-state index in [1.54, 1.807) is 12.1 Å². The summed E-state index contributed by atoms with van der Waals surface area (Å²) in [5.41, 5.74) is 1.74.